The summed E-state index contributed by atoms with van der Waals surface area (Å²) in [6.45, 7) is 3.84. The predicted octanol–water partition coefficient (Wildman–Crippen LogP) is 3.60. The van der Waals surface area contributed by atoms with E-state index in [4.69, 9.17) is 11.6 Å². The van der Waals surface area contributed by atoms with Crippen LogP contribution in [0, 0.1) is 5.41 Å². The molecule has 1 saturated heterocycles. The summed E-state index contributed by atoms with van der Waals surface area (Å²) >= 11 is 9.53. The molecule has 1 aromatic carbocycles. The average molecular weight is 331 g/mol. The number of benzene rings is 1. The van der Waals surface area contributed by atoms with Gasteiger partial charge >= 0.3 is 0 Å². The van der Waals surface area contributed by atoms with Crippen molar-refractivity contribution in [1.82, 2.24) is 5.32 Å². The summed E-state index contributed by atoms with van der Waals surface area (Å²) in [4.78, 5) is 12.4. The van der Waals surface area contributed by atoms with Gasteiger partial charge in [-0.2, -0.15) is 0 Å². The van der Waals surface area contributed by atoms with E-state index in [2.05, 4.69) is 21.2 Å². The fourth-order valence-corrected chi connectivity index (χ4v) is 3.09. The Morgan fingerprint density at radius 3 is 2.94 bits per heavy atom. The number of hydrogen-bond donors (Lipinski definition) is 1. The van der Waals surface area contributed by atoms with Crippen LogP contribution in [0.3, 0.4) is 0 Å². The minimum Gasteiger partial charge on any atom is -0.316 e. The average Bonchev–Trinajstić information content (AvgIpc) is 2.33. The summed E-state index contributed by atoms with van der Waals surface area (Å²) in [6, 6.07) is 5.69. The zero-order chi connectivity index (χ0) is 13.2. The normalized spacial score (nSPS) is 23.9. The van der Waals surface area contributed by atoms with Crippen molar-refractivity contribution in [3.63, 3.8) is 0 Å². The zero-order valence-corrected chi connectivity index (χ0v) is 12.8. The van der Waals surface area contributed by atoms with E-state index in [0.717, 1.165) is 36.0 Å². The Labute approximate surface area is 121 Å². The topological polar surface area (TPSA) is 29.1 Å². The van der Waals surface area contributed by atoms with Crippen molar-refractivity contribution in [3.8, 4) is 0 Å². The van der Waals surface area contributed by atoms with Gasteiger partial charge in [-0.1, -0.05) is 40.5 Å². The molecule has 1 N–H and O–H groups in total. The molecule has 0 saturated carbocycles. The molecule has 0 aliphatic carbocycles. The second-order valence-corrected chi connectivity index (χ2v) is 6.50. The number of hydrogen-bond acceptors (Lipinski definition) is 2. The molecular formula is C14H17BrClNO. The molecule has 1 fully saturated rings. The molecule has 1 atom stereocenters. The van der Waals surface area contributed by atoms with Gasteiger partial charge in [0, 0.05) is 27.9 Å². The number of halogens is 2. The van der Waals surface area contributed by atoms with Gasteiger partial charge in [-0.15, -0.1) is 0 Å². The van der Waals surface area contributed by atoms with Crippen LogP contribution in [0.15, 0.2) is 22.7 Å². The van der Waals surface area contributed by atoms with Crippen molar-refractivity contribution >= 4 is 33.3 Å². The molecule has 18 heavy (non-hydrogen) atoms. The molecule has 0 aromatic heterocycles. The van der Waals surface area contributed by atoms with Crippen LogP contribution in [0.1, 0.15) is 25.3 Å². The van der Waals surface area contributed by atoms with Gasteiger partial charge in [0.05, 0.1) is 0 Å². The number of rotatable bonds is 3. The third-order valence-electron chi connectivity index (χ3n) is 3.64. The lowest BCUT2D eigenvalue weighted by atomic mass is 9.77. The quantitative estimate of drug-likeness (QED) is 0.917. The Kier molecular flexibility index (Phi) is 4.46. The SMILES string of the molecule is CC1(C(=O)Cc2ccc(Br)cc2Cl)CCCNC1. The van der Waals surface area contributed by atoms with Crippen LogP contribution in [0.25, 0.3) is 0 Å². The number of ketones is 1. The van der Waals surface area contributed by atoms with Gasteiger partial charge in [0.15, 0.2) is 0 Å². The summed E-state index contributed by atoms with van der Waals surface area (Å²) < 4.78 is 0.939. The van der Waals surface area contributed by atoms with Crippen LogP contribution in [0.5, 0.6) is 0 Å². The first kappa shape index (κ1) is 14.0. The number of piperidine rings is 1. The highest BCUT2D eigenvalue weighted by molar-refractivity contribution is 9.10. The van der Waals surface area contributed by atoms with Crippen molar-refractivity contribution in [2.24, 2.45) is 5.41 Å². The Balaban J connectivity index is 2.11. The molecular weight excluding hydrogens is 314 g/mol. The van der Waals surface area contributed by atoms with Gasteiger partial charge < -0.3 is 5.32 Å². The molecule has 1 heterocycles. The second kappa shape index (κ2) is 5.72. The lowest BCUT2D eigenvalue weighted by molar-refractivity contribution is -0.128. The molecule has 98 valence electrons. The van der Waals surface area contributed by atoms with Crippen LogP contribution >= 0.6 is 27.5 Å². The van der Waals surface area contributed by atoms with Gasteiger partial charge in [0.2, 0.25) is 0 Å². The van der Waals surface area contributed by atoms with E-state index < -0.39 is 0 Å². The molecule has 1 unspecified atom stereocenters. The molecule has 1 aromatic rings. The first-order valence-electron chi connectivity index (χ1n) is 6.19. The van der Waals surface area contributed by atoms with E-state index in [1.54, 1.807) is 0 Å². The third kappa shape index (κ3) is 3.14. The van der Waals surface area contributed by atoms with E-state index in [1.807, 2.05) is 25.1 Å². The van der Waals surface area contributed by atoms with Crippen LogP contribution in [0.4, 0.5) is 0 Å². The summed E-state index contributed by atoms with van der Waals surface area (Å²) in [5.74, 6) is 0.277. The Morgan fingerprint density at radius 1 is 1.56 bits per heavy atom. The van der Waals surface area contributed by atoms with Crippen LogP contribution in [-0.4, -0.2) is 18.9 Å². The molecule has 0 radical (unpaired) electrons. The summed E-state index contributed by atoms with van der Waals surface area (Å²) in [5.41, 5.74) is 0.672. The monoisotopic (exact) mass is 329 g/mol. The molecule has 4 heteroatoms. The highest BCUT2D eigenvalue weighted by Crippen LogP contribution is 2.30. The highest BCUT2D eigenvalue weighted by atomic mass is 79.9. The second-order valence-electron chi connectivity index (χ2n) is 5.18. The number of carbonyl (C=O) groups excluding carboxylic acids is 1. The molecule has 2 rings (SSSR count). The minimum absolute atomic E-state index is 0.241. The van der Waals surface area contributed by atoms with Crippen molar-refractivity contribution in [2.75, 3.05) is 13.1 Å². The lowest BCUT2D eigenvalue weighted by Crippen LogP contribution is -2.44. The Morgan fingerprint density at radius 2 is 2.33 bits per heavy atom. The fourth-order valence-electron chi connectivity index (χ4n) is 2.35. The number of carbonyl (C=O) groups is 1. The van der Waals surface area contributed by atoms with Crippen molar-refractivity contribution in [2.45, 2.75) is 26.2 Å². The minimum atomic E-state index is -0.241. The van der Waals surface area contributed by atoms with Crippen molar-refractivity contribution in [1.29, 1.82) is 0 Å². The van der Waals surface area contributed by atoms with Crippen molar-refractivity contribution in [3.05, 3.63) is 33.3 Å². The molecule has 1 aliphatic heterocycles. The number of Topliss-reactive ketones (excluding diaryl/α,β-unsaturated/α-hetero) is 1. The van der Waals surface area contributed by atoms with E-state index in [1.165, 1.54) is 0 Å². The van der Waals surface area contributed by atoms with Crippen LogP contribution in [-0.2, 0) is 11.2 Å². The van der Waals surface area contributed by atoms with Gasteiger partial charge in [0.25, 0.3) is 0 Å². The van der Waals surface area contributed by atoms with Gasteiger partial charge in [0.1, 0.15) is 5.78 Å². The van der Waals surface area contributed by atoms with Crippen LogP contribution < -0.4 is 5.32 Å². The van der Waals surface area contributed by atoms with Gasteiger partial charge in [-0.25, -0.2) is 0 Å². The maximum atomic E-state index is 12.4. The highest BCUT2D eigenvalue weighted by Gasteiger charge is 2.34. The molecule has 1 aliphatic rings. The fraction of sp³-hybridized carbons (Fsp3) is 0.500. The largest absolute Gasteiger partial charge is 0.316 e. The summed E-state index contributed by atoms with van der Waals surface area (Å²) in [6.07, 6.45) is 2.45. The van der Waals surface area contributed by atoms with E-state index in [0.29, 0.717) is 11.4 Å². The maximum Gasteiger partial charge on any atom is 0.144 e. The Hall–Kier alpha value is -0.380. The first-order valence-corrected chi connectivity index (χ1v) is 7.36. The predicted molar refractivity (Wildman–Crippen MR) is 78.1 cm³/mol. The lowest BCUT2D eigenvalue weighted by Gasteiger charge is -2.32. The summed E-state index contributed by atoms with van der Waals surface area (Å²) in [7, 11) is 0. The van der Waals surface area contributed by atoms with Crippen LogP contribution in [0.2, 0.25) is 5.02 Å². The molecule has 0 amide bonds. The smallest absolute Gasteiger partial charge is 0.144 e. The van der Waals surface area contributed by atoms with Gasteiger partial charge in [-0.3, -0.25) is 4.79 Å². The van der Waals surface area contributed by atoms with E-state index in [-0.39, 0.29) is 11.2 Å². The maximum absolute atomic E-state index is 12.4. The van der Waals surface area contributed by atoms with E-state index in [9.17, 15) is 4.79 Å². The first-order chi connectivity index (χ1) is 8.51. The molecule has 0 bridgehead atoms. The zero-order valence-electron chi connectivity index (χ0n) is 10.4. The van der Waals surface area contributed by atoms with E-state index >= 15 is 0 Å². The molecule has 2 nitrogen and oxygen atoms in total. The van der Waals surface area contributed by atoms with Crippen molar-refractivity contribution < 1.29 is 4.79 Å². The summed E-state index contributed by atoms with van der Waals surface area (Å²) in [5, 5.41) is 3.96. The standard InChI is InChI=1S/C14H17BrClNO/c1-14(5-2-6-17-9-14)13(18)7-10-3-4-11(15)8-12(10)16/h3-4,8,17H,2,5-7,9H2,1H3. The molecule has 0 spiro atoms. The van der Waals surface area contributed by atoms with Gasteiger partial charge in [-0.05, 0) is 37.1 Å². The number of nitrogens with one attached hydrogen (secondary N) is 1. The third-order valence-corrected chi connectivity index (χ3v) is 4.48. The Bertz CT molecular complexity index is 455.